The van der Waals surface area contributed by atoms with Crippen LogP contribution in [0.5, 0.6) is 5.75 Å². The minimum Gasteiger partial charge on any atom is -0.490 e. The number of fused-ring (bicyclic) bond motifs is 1. The van der Waals surface area contributed by atoms with Gasteiger partial charge >= 0.3 is 5.97 Å². The third kappa shape index (κ3) is 3.74. The molecule has 1 saturated carbocycles. The molecule has 1 aromatic rings. The van der Waals surface area contributed by atoms with Crippen molar-refractivity contribution in [3.63, 3.8) is 0 Å². The van der Waals surface area contributed by atoms with E-state index in [1.807, 2.05) is 31.2 Å². The Bertz CT molecular complexity index is 677. The fourth-order valence-corrected chi connectivity index (χ4v) is 3.80. The van der Waals surface area contributed by atoms with E-state index in [1.165, 1.54) is 0 Å². The van der Waals surface area contributed by atoms with Crippen molar-refractivity contribution in [1.29, 1.82) is 0 Å². The van der Waals surface area contributed by atoms with Crippen molar-refractivity contribution in [2.24, 2.45) is 11.8 Å². The van der Waals surface area contributed by atoms with E-state index >= 15 is 0 Å². The lowest BCUT2D eigenvalue weighted by atomic mass is 9.81. The summed E-state index contributed by atoms with van der Waals surface area (Å²) >= 11 is 0. The van der Waals surface area contributed by atoms with E-state index in [0.717, 1.165) is 36.1 Å². The average molecular weight is 359 g/mol. The summed E-state index contributed by atoms with van der Waals surface area (Å²) in [6.07, 6.45) is 3.39. The van der Waals surface area contributed by atoms with Gasteiger partial charge in [0.15, 0.2) is 0 Å². The number of amides is 2. The van der Waals surface area contributed by atoms with Crippen LogP contribution in [0.3, 0.4) is 0 Å². The van der Waals surface area contributed by atoms with Crippen LogP contribution in [-0.2, 0) is 19.1 Å². The number of ether oxygens (including phenoxy) is 2. The molecule has 2 unspecified atom stereocenters. The highest BCUT2D eigenvalue weighted by Crippen LogP contribution is 2.38. The molecule has 0 radical (unpaired) electrons. The van der Waals surface area contributed by atoms with Gasteiger partial charge in [-0.05, 0) is 44.4 Å². The van der Waals surface area contributed by atoms with Crippen LogP contribution in [-0.4, -0.2) is 41.9 Å². The summed E-state index contributed by atoms with van der Waals surface area (Å²) in [5, 5.41) is 0. The maximum absolute atomic E-state index is 12.5. The number of carbonyl (C=O) groups excluding carboxylic acids is 3. The predicted octanol–water partition coefficient (Wildman–Crippen LogP) is 2.48. The van der Waals surface area contributed by atoms with Crippen LogP contribution in [0.2, 0.25) is 0 Å². The van der Waals surface area contributed by atoms with Crippen LogP contribution >= 0.6 is 0 Å². The molecule has 6 heteroatoms. The maximum Gasteiger partial charge on any atom is 0.329 e. The van der Waals surface area contributed by atoms with Gasteiger partial charge in [0, 0.05) is 0 Å². The van der Waals surface area contributed by atoms with Crippen molar-refractivity contribution >= 4 is 17.8 Å². The summed E-state index contributed by atoms with van der Waals surface area (Å²) in [5.74, 6) is -0.811. The molecule has 0 spiro atoms. The van der Waals surface area contributed by atoms with Crippen molar-refractivity contribution in [2.75, 3.05) is 13.2 Å². The molecule has 1 aliphatic carbocycles. The van der Waals surface area contributed by atoms with Crippen molar-refractivity contribution in [3.05, 3.63) is 29.8 Å². The third-order valence-corrected chi connectivity index (χ3v) is 5.19. The highest BCUT2D eigenvalue weighted by molar-refractivity contribution is 6.07. The van der Waals surface area contributed by atoms with Crippen LogP contribution in [0, 0.1) is 18.8 Å². The maximum atomic E-state index is 12.5. The van der Waals surface area contributed by atoms with Gasteiger partial charge in [-0.3, -0.25) is 14.5 Å². The number of hydrogen-bond donors (Lipinski definition) is 0. The highest BCUT2D eigenvalue weighted by atomic mass is 16.6. The predicted molar refractivity (Wildman–Crippen MR) is 94.4 cm³/mol. The van der Waals surface area contributed by atoms with Crippen molar-refractivity contribution in [1.82, 2.24) is 4.90 Å². The Balaban J connectivity index is 1.50. The molecule has 1 saturated heterocycles. The van der Waals surface area contributed by atoms with Gasteiger partial charge in [0.1, 0.15) is 25.0 Å². The van der Waals surface area contributed by atoms with Gasteiger partial charge in [0.25, 0.3) is 0 Å². The quantitative estimate of drug-likeness (QED) is 0.443. The van der Waals surface area contributed by atoms with Crippen molar-refractivity contribution in [3.8, 4) is 5.75 Å². The molecule has 26 heavy (non-hydrogen) atoms. The molecule has 0 N–H and O–H groups in total. The van der Waals surface area contributed by atoms with Gasteiger partial charge in [0.05, 0.1) is 11.8 Å². The zero-order valence-corrected chi connectivity index (χ0v) is 15.3. The highest BCUT2D eigenvalue weighted by Gasteiger charge is 2.51. The summed E-state index contributed by atoms with van der Waals surface area (Å²) in [7, 11) is 0. The minimum absolute atomic E-state index is 0.0696. The van der Waals surface area contributed by atoms with E-state index in [2.05, 4.69) is 0 Å². The molecular weight excluding hydrogens is 334 g/mol. The van der Waals surface area contributed by atoms with Crippen LogP contribution < -0.4 is 4.74 Å². The number of hydrogen-bond acceptors (Lipinski definition) is 5. The van der Waals surface area contributed by atoms with Crippen LogP contribution in [0.4, 0.5) is 0 Å². The van der Waals surface area contributed by atoms with E-state index in [1.54, 1.807) is 6.92 Å². The summed E-state index contributed by atoms with van der Waals surface area (Å²) in [6, 6.07) is 6.70. The molecule has 2 amide bonds. The molecule has 2 fully saturated rings. The van der Waals surface area contributed by atoms with Gasteiger partial charge < -0.3 is 9.47 Å². The first-order valence-electron chi connectivity index (χ1n) is 9.22. The second-order valence-corrected chi connectivity index (χ2v) is 7.05. The van der Waals surface area contributed by atoms with Crippen molar-refractivity contribution < 1.29 is 23.9 Å². The van der Waals surface area contributed by atoms with Crippen molar-refractivity contribution in [2.45, 2.75) is 45.6 Å². The van der Waals surface area contributed by atoms with E-state index in [4.69, 9.17) is 9.47 Å². The fourth-order valence-electron chi connectivity index (χ4n) is 3.80. The Morgan fingerprint density at radius 3 is 2.42 bits per heavy atom. The zero-order chi connectivity index (χ0) is 18.7. The summed E-state index contributed by atoms with van der Waals surface area (Å²) in [5.41, 5.74) is 1.08. The molecule has 1 aromatic carbocycles. The standard InChI is InChI=1S/C20H25NO5/c1-13-6-5-7-15(12-13)25-10-11-26-20(24)14(2)21-18(22)16-8-3-4-9-17(16)19(21)23/h5-7,12,14,16-17H,3-4,8-11H2,1-2H3/t14-,16?,17?/m0/s1. The number of likely N-dealkylation sites (tertiary alicyclic amines) is 1. The molecule has 140 valence electrons. The molecular formula is C20H25NO5. The van der Waals surface area contributed by atoms with Crippen LogP contribution in [0.15, 0.2) is 24.3 Å². The molecule has 1 heterocycles. The Kier molecular flexibility index (Phi) is 5.59. The number of rotatable bonds is 6. The van der Waals surface area contributed by atoms with Gasteiger partial charge in [-0.15, -0.1) is 0 Å². The third-order valence-electron chi connectivity index (χ3n) is 5.19. The topological polar surface area (TPSA) is 72.9 Å². The van der Waals surface area contributed by atoms with Crippen LogP contribution in [0.1, 0.15) is 38.2 Å². The monoisotopic (exact) mass is 359 g/mol. The number of aryl methyl sites for hydroxylation is 1. The number of nitrogens with zero attached hydrogens (tertiary/aromatic N) is 1. The second-order valence-electron chi connectivity index (χ2n) is 7.05. The first kappa shape index (κ1) is 18.4. The lowest BCUT2D eigenvalue weighted by Gasteiger charge is -2.21. The number of benzene rings is 1. The summed E-state index contributed by atoms with van der Waals surface area (Å²) < 4.78 is 10.7. The molecule has 1 aliphatic heterocycles. The number of imide groups is 1. The SMILES string of the molecule is Cc1cccc(OCCOC(=O)[C@H](C)N2C(=O)C3CCCCC3C2=O)c1. The zero-order valence-electron chi connectivity index (χ0n) is 15.3. The van der Waals surface area contributed by atoms with Gasteiger partial charge in [-0.25, -0.2) is 4.79 Å². The summed E-state index contributed by atoms with van der Waals surface area (Å²) in [4.78, 5) is 38.4. The first-order valence-corrected chi connectivity index (χ1v) is 9.22. The molecule has 0 aromatic heterocycles. The van der Waals surface area contributed by atoms with E-state index in [9.17, 15) is 14.4 Å². The Labute approximate surface area is 153 Å². The Morgan fingerprint density at radius 2 is 1.81 bits per heavy atom. The number of esters is 1. The molecule has 2 aliphatic rings. The number of carbonyl (C=O) groups is 3. The average Bonchev–Trinajstić information content (AvgIpc) is 2.89. The van der Waals surface area contributed by atoms with E-state index in [-0.39, 0.29) is 36.9 Å². The van der Waals surface area contributed by atoms with Crippen LogP contribution in [0.25, 0.3) is 0 Å². The minimum atomic E-state index is -0.889. The Morgan fingerprint density at radius 1 is 1.15 bits per heavy atom. The molecule has 3 atom stereocenters. The largest absolute Gasteiger partial charge is 0.490 e. The van der Waals surface area contributed by atoms with Gasteiger partial charge in [0.2, 0.25) is 11.8 Å². The fraction of sp³-hybridized carbons (Fsp3) is 0.550. The smallest absolute Gasteiger partial charge is 0.329 e. The lowest BCUT2D eigenvalue weighted by molar-refractivity contribution is -0.158. The molecule has 3 rings (SSSR count). The molecule has 0 bridgehead atoms. The second kappa shape index (κ2) is 7.89. The van der Waals surface area contributed by atoms with Gasteiger partial charge in [-0.2, -0.15) is 0 Å². The van der Waals surface area contributed by atoms with Gasteiger partial charge in [-0.1, -0.05) is 25.0 Å². The Hall–Kier alpha value is -2.37. The molecule has 6 nitrogen and oxygen atoms in total. The van der Waals surface area contributed by atoms with E-state index in [0.29, 0.717) is 5.75 Å². The first-order chi connectivity index (χ1) is 12.5. The summed E-state index contributed by atoms with van der Waals surface area (Å²) in [6.45, 7) is 3.81. The van der Waals surface area contributed by atoms with E-state index < -0.39 is 12.0 Å². The normalized spacial score (nSPS) is 23.5. The lowest BCUT2D eigenvalue weighted by Crippen LogP contribution is -2.44.